The van der Waals surface area contributed by atoms with Gasteiger partial charge in [0.15, 0.2) is 0 Å². The average molecular weight is 247 g/mol. The number of hydrogen-bond donors (Lipinski definition) is 1. The van der Waals surface area contributed by atoms with Gasteiger partial charge in [0, 0.05) is 6.54 Å². The third-order valence-electron chi connectivity index (χ3n) is 3.83. The predicted molar refractivity (Wildman–Crippen MR) is 58.4 cm³/mol. The Labute approximate surface area is 95.5 Å². The van der Waals surface area contributed by atoms with Crippen LogP contribution in [0.1, 0.15) is 25.7 Å². The molecule has 92 valence electrons. The second kappa shape index (κ2) is 4.00. The Kier molecular flexibility index (Phi) is 2.96. The van der Waals surface area contributed by atoms with Gasteiger partial charge in [0.25, 0.3) is 0 Å². The van der Waals surface area contributed by atoms with Gasteiger partial charge in [0.05, 0.1) is 6.26 Å². The molecule has 1 saturated heterocycles. The third kappa shape index (κ3) is 1.96. The monoisotopic (exact) mass is 247 g/mol. The molecule has 1 N–H and O–H groups in total. The van der Waals surface area contributed by atoms with Gasteiger partial charge in [-0.15, -0.1) is 0 Å². The number of hydrogen-bond acceptors (Lipinski definition) is 3. The summed E-state index contributed by atoms with van der Waals surface area (Å²) in [5, 5.41) is 9.21. The summed E-state index contributed by atoms with van der Waals surface area (Å²) in [6.07, 6.45) is 4.82. The summed E-state index contributed by atoms with van der Waals surface area (Å²) in [5.74, 6) is -0.581. The molecule has 0 radical (unpaired) electrons. The van der Waals surface area contributed by atoms with Gasteiger partial charge in [-0.3, -0.25) is 4.79 Å². The van der Waals surface area contributed by atoms with Gasteiger partial charge < -0.3 is 5.11 Å². The number of fused-ring (bicyclic) bond motifs is 1. The highest BCUT2D eigenvalue weighted by Gasteiger charge is 2.47. The number of carboxylic acids is 1. The van der Waals surface area contributed by atoms with E-state index in [0.717, 1.165) is 31.9 Å². The van der Waals surface area contributed by atoms with Crippen molar-refractivity contribution in [3.63, 3.8) is 0 Å². The second-order valence-electron chi connectivity index (χ2n) is 4.80. The quantitative estimate of drug-likeness (QED) is 0.772. The van der Waals surface area contributed by atoms with Crippen LogP contribution in [0.15, 0.2) is 0 Å². The molecule has 3 unspecified atom stereocenters. The summed E-state index contributed by atoms with van der Waals surface area (Å²) >= 11 is 0. The van der Waals surface area contributed by atoms with E-state index in [2.05, 4.69) is 0 Å². The van der Waals surface area contributed by atoms with Crippen molar-refractivity contribution in [2.24, 2.45) is 11.8 Å². The Morgan fingerprint density at radius 3 is 2.56 bits per heavy atom. The molecule has 1 aliphatic carbocycles. The maximum Gasteiger partial charge on any atom is 0.322 e. The lowest BCUT2D eigenvalue weighted by molar-refractivity contribution is -0.145. The van der Waals surface area contributed by atoms with Gasteiger partial charge in [0.1, 0.15) is 6.04 Å². The number of sulfonamides is 1. The van der Waals surface area contributed by atoms with Gasteiger partial charge >= 0.3 is 5.97 Å². The van der Waals surface area contributed by atoms with Crippen LogP contribution in [0.5, 0.6) is 0 Å². The summed E-state index contributed by atoms with van der Waals surface area (Å²) in [6.45, 7) is 0.358. The molecule has 1 heterocycles. The van der Waals surface area contributed by atoms with Gasteiger partial charge in [-0.25, -0.2) is 8.42 Å². The number of aliphatic carboxylic acids is 1. The van der Waals surface area contributed by atoms with E-state index in [9.17, 15) is 18.3 Å². The van der Waals surface area contributed by atoms with Crippen molar-refractivity contribution in [1.29, 1.82) is 0 Å². The molecule has 2 rings (SSSR count). The smallest absolute Gasteiger partial charge is 0.322 e. The molecule has 0 aromatic heterocycles. The highest BCUT2D eigenvalue weighted by Crippen LogP contribution is 2.42. The standard InChI is InChI=1S/C10H17NO4S/c1-16(14,15)11-6-5-7-3-2-4-8(7)9(11)10(12)13/h7-9H,2-6H2,1H3,(H,12,13). The molecule has 6 heteroatoms. The van der Waals surface area contributed by atoms with Crippen molar-refractivity contribution >= 4 is 16.0 Å². The fourth-order valence-electron chi connectivity index (χ4n) is 3.16. The summed E-state index contributed by atoms with van der Waals surface area (Å²) in [7, 11) is -3.41. The normalized spacial score (nSPS) is 35.9. The molecule has 2 aliphatic rings. The third-order valence-corrected chi connectivity index (χ3v) is 5.09. The number of nitrogens with zero attached hydrogens (tertiary/aromatic N) is 1. The number of piperidine rings is 1. The van der Waals surface area contributed by atoms with E-state index >= 15 is 0 Å². The Bertz CT molecular complexity index is 392. The highest BCUT2D eigenvalue weighted by molar-refractivity contribution is 7.88. The molecule has 0 bridgehead atoms. The van der Waals surface area contributed by atoms with E-state index in [1.165, 1.54) is 4.31 Å². The first kappa shape index (κ1) is 11.9. The van der Waals surface area contributed by atoms with Crippen LogP contribution < -0.4 is 0 Å². The van der Waals surface area contributed by atoms with E-state index in [-0.39, 0.29) is 5.92 Å². The lowest BCUT2D eigenvalue weighted by Gasteiger charge is -2.39. The summed E-state index contributed by atoms with van der Waals surface area (Å²) in [6, 6.07) is -0.837. The van der Waals surface area contributed by atoms with Crippen LogP contribution in [-0.4, -0.2) is 42.6 Å². The molecule has 2 fully saturated rings. The minimum Gasteiger partial charge on any atom is -0.480 e. The molecule has 1 aliphatic heterocycles. The van der Waals surface area contributed by atoms with Crippen LogP contribution in [0.4, 0.5) is 0 Å². The van der Waals surface area contributed by atoms with Crippen molar-refractivity contribution in [1.82, 2.24) is 4.31 Å². The molecular weight excluding hydrogens is 230 g/mol. The fraction of sp³-hybridized carbons (Fsp3) is 0.900. The number of carbonyl (C=O) groups is 1. The summed E-state index contributed by atoms with van der Waals surface area (Å²) in [5.41, 5.74) is 0. The summed E-state index contributed by atoms with van der Waals surface area (Å²) < 4.78 is 24.3. The highest BCUT2D eigenvalue weighted by atomic mass is 32.2. The van der Waals surface area contributed by atoms with E-state index < -0.39 is 22.0 Å². The van der Waals surface area contributed by atoms with E-state index in [0.29, 0.717) is 12.5 Å². The number of carboxylic acid groups (broad SMARTS) is 1. The Balaban J connectivity index is 2.31. The minimum atomic E-state index is -3.41. The van der Waals surface area contributed by atoms with Crippen molar-refractivity contribution < 1.29 is 18.3 Å². The average Bonchev–Trinajstić information content (AvgIpc) is 2.61. The van der Waals surface area contributed by atoms with E-state index in [4.69, 9.17) is 0 Å². The molecule has 0 aromatic rings. The molecule has 1 saturated carbocycles. The molecule has 3 atom stereocenters. The van der Waals surface area contributed by atoms with Gasteiger partial charge in [0.2, 0.25) is 10.0 Å². The second-order valence-corrected chi connectivity index (χ2v) is 6.74. The SMILES string of the molecule is CS(=O)(=O)N1CCC2CCCC2C1C(=O)O. The lowest BCUT2D eigenvalue weighted by atomic mass is 9.83. The summed E-state index contributed by atoms with van der Waals surface area (Å²) in [4.78, 5) is 11.2. The van der Waals surface area contributed by atoms with Crippen LogP contribution in [-0.2, 0) is 14.8 Å². The maximum atomic E-state index is 11.6. The zero-order valence-corrected chi connectivity index (χ0v) is 10.1. The van der Waals surface area contributed by atoms with Gasteiger partial charge in [-0.05, 0) is 24.7 Å². The van der Waals surface area contributed by atoms with Crippen LogP contribution in [0.3, 0.4) is 0 Å². The molecule has 0 aromatic carbocycles. The van der Waals surface area contributed by atoms with E-state index in [1.54, 1.807) is 0 Å². The van der Waals surface area contributed by atoms with Gasteiger partial charge in [-0.2, -0.15) is 4.31 Å². The van der Waals surface area contributed by atoms with E-state index in [1.807, 2.05) is 0 Å². The van der Waals surface area contributed by atoms with Crippen LogP contribution in [0.2, 0.25) is 0 Å². The molecule has 5 nitrogen and oxygen atoms in total. The molecule has 0 spiro atoms. The first-order valence-corrected chi connectivity index (χ1v) is 7.45. The van der Waals surface area contributed by atoms with Gasteiger partial charge in [-0.1, -0.05) is 12.8 Å². The Hall–Kier alpha value is -0.620. The van der Waals surface area contributed by atoms with Crippen molar-refractivity contribution in [3.8, 4) is 0 Å². The zero-order valence-electron chi connectivity index (χ0n) is 9.30. The zero-order chi connectivity index (χ0) is 11.9. The van der Waals surface area contributed by atoms with Crippen LogP contribution >= 0.6 is 0 Å². The maximum absolute atomic E-state index is 11.6. The molecule has 16 heavy (non-hydrogen) atoms. The van der Waals surface area contributed by atoms with Crippen molar-refractivity contribution in [2.45, 2.75) is 31.7 Å². The minimum absolute atomic E-state index is 0.0148. The predicted octanol–water partition coefficient (Wildman–Crippen LogP) is 0.521. The van der Waals surface area contributed by atoms with Crippen molar-refractivity contribution in [2.75, 3.05) is 12.8 Å². The van der Waals surface area contributed by atoms with Crippen molar-refractivity contribution in [3.05, 3.63) is 0 Å². The molecular formula is C10H17NO4S. The first-order chi connectivity index (χ1) is 7.41. The first-order valence-electron chi connectivity index (χ1n) is 5.61. The van der Waals surface area contributed by atoms with Crippen LogP contribution in [0, 0.1) is 11.8 Å². The largest absolute Gasteiger partial charge is 0.480 e. The topological polar surface area (TPSA) is 74.7 Å². The molecule has 0 amide bonds. The van der Waals surface area contributed by atoms with Crippen LogP contribution in [0.25, 0.3) is 0 Å². The Morgan fingerprint density at radius 1 is 1.31 bits per heavy atom. The number of rotatable bonds is 2. The lowest BCUT2D eigenvalue weighted by Crippen LogP contribution is -2.53. The fourth-order valence-corrected chi connectivity index (χ4v) is 4.26. The Morgan fingerprint density at radius 2 is 2.00 bits per heavy atom.